The van der Waals surface area contributed by atoms with E-state index in [-0.39, 0.29) is 5.75 Å². The third kappa shape index (κ3) is 4.07. The van der Waals surface area contributed by atoms with E-state index in [1.54, 1.807) is 18.2 Å². The fraction of sp³-hybridized carbons (Fsp3) is 0.385. The van der Waals surface area contributed by atoms with E-state index in [0.29, 0.717) is 18.3 Å². The van der Waals surface area contributed by atoms with Gasteiger partial charge in [-0.3, -0.25) is 0 Å². The first-order chi connectivity index (χ1) is 7.09. The van der Waals surface area contributed by atoms with Gasteiger partial charge in [-0.2, -0.15) is 0 Å². The number of phenolic OH excluding ortho intramolecular Hbond substituents is 1. The number of aromatic hydroxyl groups is 1. The highest BCUT2D eigenvalue weighted by Crippen LogP contribution is 2.25. The molecule has 1 aromatic carbocycles. The molecule has 0 amide bonds. The maximum Gasteiger partial charge on any atom is 0.160 e. The van der Waals surface area contributed by atoms with Crippen molar-refractivity contribution in [2.45, 2.75) is 20.3 Å². The normalized spacial score (nSPS) is 12.1. The number of hydrogen-bond acceptors (Lipinski definition) is 2. The second-order valence-electron chi connectivity index (χ2n) is 4.05. The summed E-state index contributed by atoms with van der Waals surface area (Å²) in [6.45, 7) is 8.58. The van der Waals surface area contributed by atoms with Gasteiger partial charge in [-0.05, 0) is 31.4 Å². The minimum atomic E-state index is 0.194. The Morgan fingerprint density at radius 2 is 2.13 bits per heavy atom. The molecule has 0 aliphatic carbocycles. The Balaban J connectivity index is 2.43. The summed E-state index contributed by atoms with van der Waals surface area (Å²) in [5.74, 6) is 1.16. The summed E-state index contributed by atoms with van der Waals surface area (Å²) in [7, 11) is 0. The summed E-state index contributed by atoms with van der Waals surface area (Å²) in [6.07, 6.45) is 0.952. The average Bonchev–Trinajstić information content (AvgIpc) is 2.15. The third-order valence-electron chi connectivity index (χ3n) is 2.09. The Morgan fingerprint density at radius 3 is 2.73 bits per heavy atom. The number of rotatable bonds is 5. The summed E-state index contributed by atoms with van der Waals surface area (Å²) < 4.78 is 5.51. The molecule has 0 bridgehead atoms. The van der Waals surface area contributed by atoms with Crippen LogP contribution in [0.15, 0.2) is 36.4 Å². The van der Waals surface area contributed by atoms with Crippen molar-refractivity contribution in [2.75, 3.05) is 6.61 Å². The lowest BCUT2D eigenvalue weighted by molar-refractivity contribution is 0.249. The van der Waals surface area contributed by atoms with E-state index in [1.807, 2.05) is 13.0 Å². The Kier molecular flexibility index (Phi) is 4.22. The van der Waals surface area contributed by atoms with Crippen molar-refractivity contribution in [2.24, 2.45) is 5.92 Å². The molecule has 1 rings (SSSR count). The fourth-order valence-electron chi connectivity index (χ4n) is 1.47. The van der Waals surface area contributed by atoms with Gasteiger partial charge in [0.15, 0.2) is 11.5 Å². The lowest BCUT2D eigenvalue weighted by Gasteiger charge is -2.13. The van der Waals surface area contributed by atoms with E-state index < -0.39 is 0 Å². The second kappa shape index (κ2) is 5.44. The molecule has 1 unspecified atom stereocenters. The molecule has 2 heteroatoms. The minimum absolute atomic E-state index is 0.194. The highest BCUT2D eigenvalue weighted by molar-refractivity contribution is 5.37. The van der Waals surface area contributed by atoms with Crippen molar-refractivity contribution in [3.63, 3.8) is 0 Å². The second-order valence-corrected chi connectivity index (χ2v) is 4.05. The quantitative estimate of drug-likeness (QED) is 0.748. The molecule has 0 fully saturated rings. The van der Waals surface area contributed by atoms with E-state index in [9.17, 15) is 5.11 Å². The summed E-state index contributed by atoms with van der Waals surface area (Å²) in [6, 6.07) is 7.01. The fourth-order valence-corrected chi connectivity index (χ4v) is 1.47. The molecule has 0 spiro atoms. The van der Waals surface area contributed by atoms with Gasteiger partial charge in [-0.1, -0.05) is 24.6 Å². The highest BCUT2D eigenvalue weighted by Gasteiger charge is 2.05. The third-order valence-corrected chi connectivity index (χ3v) is 2.09. The molecule has 0 saturated carbocycles. The maximum absolute atomic E-state index is 9.46. The predicted molar refractivity (Wildman–Crippen MR) is 62.2 cm³/mol. The molecule has 0 heterocycles. The van der Waals surface area contributed by atoms with Crippen LogP contribution < -0.4 is 4.74 Å². The Hall–Kier alpha value is -1.44. The molecular weight excluding hydrogens is 188 g/mol. The molecule has 15 heavy (non-hydrogen) atoms. The number of benzene rings is 1. The molecule has 0 saturated heterocycles. The van der Waals surface area contributed by atoms with Crippen LogP contribution in [0.4, 0.5) is 0 Å². The number of para-hydroxylation sites is 2. The van der Waals surface area contributed by atoms with Gasteiger partial charge in [0.25, 0.3) is 0 Å². The van der Waals surface area contributed by atoms with Crippen molar-refractivity contribution < 1.29 is 9.84 Å². The molecule has 0 radical (unpaired) electrons. The SMILES string of the molecule is C=C(C)CC(C)COc1ccccc1O. The van der Waals surface area contributed by atoms with Gasteiger partial charge in [-0.15, -0.1) is 6.58 Å². The van der Waals surface area contributed by atoms with E-state index in [2.05, 4.69) is 13.5 Å². The van der Waals surface area contributed by atoms with E-state index in [1.165, 1.54) is 0 Å². The molecule has 0 aromatic heterocycles. The number of ether oxygens (including phenoxy) is 1. The smallest absolute Gasteiger partial charge is 0.160 e. The van der Waals surface area contributed by atoms with Crippen LogP contribution in [0, 0.1) is 5.92 Å². The highest BCUT2D eigenvalue weighted by atomic mass is 16.5. The van der Waals surface area contributed by atoms with Gasteiger partial charge in [0.1, 0.15) is 0 Å². The molecule has 0 aliphatic rings. The van der Waals surface area contributed by atoms with E-state index in [4.69, 9.17) is 4.74 Å². The molecule has 1 N–H and O–H groups in total. The van der Waals surface area contributed by atoms with Crippen LogP contribution in [-0.4, -0.2) is 11.7 Å². The molecule has 1 aromatic rings. The van der Waals surface area contributed by atoms with Crippen LogP contribution in [0.25, 0.3) is 0 Å². The zero-order chi connectivity index (χ0) is 11.3. The van der Waals surface area contributed by atoms with Gasteiger partial charge in [0.2, 0.25) is 0 Å². The Labute approximate surface area is 91.2 Å². The van der Waals surface area contributed by atoms with Gasteiger partial charge >= 0.3 is 0 Å². The van der Waals surface area contributed by atoms with Crippen molar-refractivity contribution in [3.05, 3.63) is 36.4 Å². The Bertz CT molecular complexity index is 331. The monoisotopic (exact) mass is 206 g/mol. The van der Waals surface area contributed by atoms with Crippen molar-refractivity contribution in [3.8, 4) is 11.5 Å². The molecule has 0 aliphatic heterocycles. The first-order valence-corrected chi connectivity index (χ1v) is 5.14. The zero-order valence-corrected chi connectivity index (χ0v) is 9.36. The van der Waals surface area contributed by atoms with Crippen LogP contribution in [-0.2, 0) is 0 Å². The molecule has 2 nitrogen and oxygen atoms in total. The molecular formula is C13H18O2. The van der Waals surface area contributed by atoms with Crippen LogP contribution in [0.1, 0.15) is 20.3 Å². The Morgan fingerprint density at radius 1 is 1.47 bits per heavy atom. The van der Waals surface area contributed by atoms with Crippen LogP contribution in [0.5, 0.6) is 11.5 Å². The van der Waals surface area contributed by atoms with Gasteiger partial charge < -0.3 is 9.84 Å². The van der Waals surface area contributed by atoms with Crippen molar-refractivity contribution >= 4 is 0 Å². The number of allylic oxidation sites excluding steroid dienone is 1. The number of phenols is 1. The predicted octanol–water partition coefficient (Wildman–Crippen LogP) is 3.37. The van der Waals surface area contributed by atoms with E-state index >= 15 is 0 Å². The summed E-state index contributed by atoms with van der Waals surface area (Å²) >= 11 is 0. The summed E-state index contributed by atoms with van der Waals surface area (Å²) in [5.41, 5.74) is 1.16. The van der Waals surface area contributed by atoms with Crippen molar-refractivity contribution in [1.29, 1.82) is 0 Å². The van der Waals surface area contributed by atoms with Crippen molar-refractivity contribution in [1.82, 2.24) is 0 Å². The standard InChI is InChI=1S/C13H18O2/c1-10(2)8-11(3)9-15-13-7-5-4-6-12(13)14/h4-7,11,14H,1,8-9H2,2-3H3. The first kappa shape index (κ1) is 11.6. The lowest BCUT2D eigenvalue weighted by atomic mass is 10.0. The van der Waals surface area contributed by atoms with Crippen LogP contribution >= 0.6 is 0 Å². The largest absolute Gasteiger partial charge is 0.504 e. The van der Waals surface area contributed by atoms with Crippen LogP contribution in [0.2, 0.25) is 0 Å². The topological polar surface area (TPSA) is 29.5 Å². The van der Waals surface area contributed by atoms with E-state index in [0.717, 1.165) is 12.0 Å². The maximum atomic E-state index is 9.46. The van der Waals surface area contributed by atoms with Crippen LogP contribution in [0.3, 0.4) is 0 Å². The molecule has 82 valence electrons. The number of hydrogen-bond donors (Lipinski definition) is 1. The molecule has 1 atom stereocenters. The van der Waals surface area contributed by atoms with Gasteiger partial charge in [0.05, 0.1) is 6.61 Å². The zero-order valence-electron chi connectivity index (χ0n) is 9.36. The minimum Gasteiger partial charge on any atom is -0.504 e. The van der Waals surface area contributed by atoms with Gasteiger partial charge in [-0.25, -0.2) is 0 Å². The first-order valence-electron chi connectivity index (χ1n) is 5.14. The lowest BCUT2D eigenvalue weighted by Crippen LogP contribution is -2.08. The van der Waals surface area contributed by atoms with Gasteiger partial charge in [0, 0.05) is 0 Å². The average molecular weight is 206 g/mol. The summed E-state index contributed by atoms with van der Waals surface area (Å²) in [5, 5.41) is 9.46. The summed E-state index contributed by atoms with van der Waals surface area (Å²) in [4.78, 5) is 0.